The zero-order valence-corrected chi connectivity index (χ0v) is 16.1. The minimum absolute atomic E-state index is 0.128. The van der Waals surface area contributed by atoms with Gasteiger partial charge in [-0.25, -0.2) is 4.98 Å². The molecule has 0 aliphatic heterocycles. The molecule has 0 fully saturated rings. The molecule has 0 saturated heterocycles. The van der Waals surface area contributed by atoms with Gasteiger partial charge in [-0.05, 0) is 30.5 Å². The highest BCUT2D eigenvalue weighted by molar-refractivity contribution is 7.16. The van der Waals surface area contributed by atoms with Crippen molar-refractivity contribution in [3.05, 3.63) is 62.0 Å². The molecule has 7 heteroatoms. The van der Waals surface area contributed by atoms with E-state index in [1.54, 1.807) is 6.07 Å². The summed E-state index contributed by atoms with van der Waals surface area (Å²) in [5, 5.41) is 5.76. The van der Waals surface area contributed by atoms with Gasteiger partial charge in [0.2, 0.25) is 4.96 Å². The van der Waals surface area contributed by atoms with Crippen LogP contribution in [0.4, 0.5) is 0 Å². The summed E-state index contributed by atoms with van der Waals surface area (Å²) in [7, 11) is 0. The number of rotatable bonds is 6. The molecule has 0 aliphatic rings. The van der Waals surface area contributed by atoms with Crippen LogP contribution in [-0.4, -0.2) is 26.0 Å². The zero-order chi connectivity index (χ0) is 18.0. The molecule has 1 aromatic carbocycles. The van der Waals surface area contributed by atoms with Crippen LogP contribution in [0.2, 0.25) is 5.02 Å². The third kappa shape index (κ3) is 4.66. The third-order valence-electron chi connectivity index (χ3n) is 3.70. The van der Waals surface area contributed by atoms with E-state index in [4.69, 9.17) is 11.6 Å². The maximum atomic E-state index is 12.3. The average molecular weight is 377 g/mol. The predicted octanol–water partition coefficient (Wildman–Crippen LogP) is 3.77. The van der Waals surface area contributed by atoms with Crippen LogP contribution in [-0.2, 0) is 13.1 Å². The molecule has 2 aromatic heterocycles. The summed E-state index contributed by atoms with van der Waals surface area (Å²) in [4.78, 5) is 19.8. The van der Waals surface area contributed by atoms with Gasteiger partial charge in [-0.2, -0.15) is 9.61 Å². The topological polar surface area (TPSA) is 50.5 Å². The molecule has 0 unspecified atom stereocenters. The Morgan fingerprint density at radius 2 is 2.08 bits per heavy atom. The fraction of sp³-hybridized carbons (Fsp3) is 0.389. The quantitative estimate of drug-likeness (QED) is 0.657. The van der Waals surface area contributed by atoms with Gasteiger partial charge in [-0.3, -0.25) is 9.69 Å². The molecule has 0 N–H and O–H groups in total. The lowest BCUT2D eigenvalue weighted by Gasteiger charge is -2.24. The molecule has 0 spiro atoms. The van der Waals surface area contributed by atoms with Crippen molar-refractivity contribution >= 4 is 27.9 Å². The van der Waals surface area contributed by atoms with E-state index in [1.807, 2.05) is 25.1 Å². The predicted molar refractivity (Wildman–Crippen MR) is 102 cm³/mol. The molecule has 5 nitrogen and oxygen atoms in total. The van der Waals surface area contributed by atoms with Gasteiger partial charge in [0.05, 0.1) is 5.69 Å². The first kappa shape index (κ1) is 18.0. The van der Waals surface area contributed by atoms with E-state index >= 15 is 0 Å². The summed E-state index contributed by atoms with van der Waals surface area (Å²) >= 11 is 7.53. The fourth-order valence-corrected chi connectivity index (χ4v) is 3.84. The first-order valence-electron chi connectivity index (χ1n) is 8.24. The van der Waals surface area contributed by atoms with Gasteiger partial charge < -0.3 is 0 Å². The molecule has 25 heavy (non-hydrogen) atoms. The van der Waals surface area contributed by atoms with Crippen LogP contribution < -0.4 is 5.56 Å². The van der Waals surface area contributed by atoms with Crippen molar-refractivity contribution in [2.24, 2.45) is 5.92 Å². The number of hydrogen-bond donors (Lipinski definition) is 0. The zero-order valence-electron chi connectivity index (χ0n) is 14.6. The van der Waals surface area contributed by atoms with Gasteiger partial charge >= 0.3 is 0 Å². The van der Waals surface area contributed by atoms with E-state index in [9.17, 15) is 4.79 Å². The van der Waals surface area contributed by atoms with Gasteiger partial charge in [0.25, 0.3) is 5.56 Å². The summed E-state index contributed by atoms with van der Waals surface area (Å²) in [5.41, 5.74) is 1.80. The molecule has 0 bridgehead atoms. The maximum absolute atomic E-state index is 12.3. The van der Waals surface area contributed by atoms with E-state index in [0.29, 0.717) is 17.4 Å². The second kappa shape index (κ2) is 7.64. The smallest absolute Gasteiger partial charge is 0.275 e. The number of hydrogen-bond acceptors (Lipinski definition) is 5. The number of benzene rings is 1. The SMILES string of the molecule is Cc1nn2c(=O)cc(CN(Cc3cccc(Cl)c3)CC(C)C)nc2s1. The largest absolute Gasteiger partial charge is 0.293 e. The number of halogens is 1. The van der Waals surface area contributed by atoms with Crippen LogP contribution in [0.3, 0.4) is 0 Å². The highest BCUT2D eigenvalue weighted by atomic mass is 35.5. The Morgan fingerprint density at radius 3 is 2.80 bits per heavy atom. The van der Waals surface area contributed by atoms with Gasteiger partial charge in [0.15, 0.2) is 0 Å². The van der Waals surface area contributed by atoms with Crippen LogP contribution in [0.1, 0.15) is 30.1 Å². The Kier molecular flexibility index (Phi) is 5.51. The molecule has 2 heterocycles. The summed E-state index contributed by atoms with van der Waals surface area (Å²) < 4.78 is 1.37. The Labute approximate surface area is 155 Å². The Bertz CT molecular complexity index is 934. The summed E-state index contributed by atoms with van der Waals surface area (Å²) in [6.07, 6.45) is 0. The van der Waals surface area contributed by atoms with E-state index < -0.39 is 0 Å². The maximum Gasteiger partial charge on any atom is 0.275 e. The minimum atomic E-state index is -0.128. The summed E-state index contributed by atoms with van der Waals surface area (Å²) in [6.45, 7) is 8.54. The van der Waals surface area contributed by atoms with Crippen molar-refractivity contribution in [1.82, 2.24) is 19.5 Å². The number of aromatic nitrogens is 3. The lowest BCUT2D eigenvalue weighted by atomic mass is 10.1. The molecule has 3 rings (SSSR count). The van der Waals surface area contributed by atoms with Crippen molar-refractivity contribution in [2.75, 3.05) is 6.54 Å². The molecule has 0 radical (unpaired) electrons. The Hall–Kier alpha value is -1.76. The summed E-state index contributed by atoms with van der Waals surface area (Å²) in [5.74, 6) is 0.509. The van der Waals surface area contributed by atoms with Crippen LogP contribution in [0.5, 0.6) is 0 Å². The number of nitrogens with zero attached hydrogens (tertiary/aromatic N) is 4. The van der Waals surface area contributed by atoms with Crippen molar-refractivity contribution in [2.45, 2.75) is 33.9 Å². The second-order valence-electron chi connectivity index (χ2n) is 6.59. The molecular weight excluding hydrogens is 356 g/mol. The van der Waals surface area contributed by atoms with Crippen LogP contribution in [0.25, 0.3) is 4.96 Å². The van der Waals surface area contributed by atoms with E-state index in [0.717, 1.165) is 34.4 Å². The van der Waals surface area contributed by atoms with Gasteiger partial charge in [0.1, 0.15) is 5.01 Å². The van der Waals surface area contributed by atoms with E-state index in [1.165, 1.54) is 15.9 Å². The third-order valence-corrected chi connectivity index (χ3v) is 4.76. The number of aryl methyl sites for hydroxylation is 1. The van der Waals surface area contributed by atoms with Crippen LogP contribution in [0, 0.1) is 12.8 Å². The lowest BCUT2D eigenvalue weighted by Crippen LogP contribution is -2.28. The number of fused-ring (bicyclic) bond motifs is 1. The Morgan fingerprint density at radius 1 is 1.28 bits per heavy atom. The van der Waals surface area contributed by atoms with Gasteiger partial charge in [-0.1, -0.05) is 48.9 Å². The fourth-order valence-electron chi connectivity index (χ4n) is 2.86. The molecule has 132 valence electrons. The molecule has 0 saturated carbocycles. The Balaban J connectivity index is 1.85. The monoisotopic (exact) mass is 376 g/mol. The molecule has 0 atom stereocenters. The second-order valence-corrected chi connectivity index (χ2v) is 8.19. The highest BCUT2D eigenvalue weighted by Crippen LogP contribution is 2.16. The van der Waals surface area contributed by atoms with Gasteiger partial charge in [-0.15, -0.1) is 0 Å². The highest BCUT2D eigenvalue weighted by Gasteiger charge is 2.13. The van der Waals surface area contributed by atoms with E-state index in [2.05, 4.69) is 34.9 Å². The average Bonchev–Trinajstić information content (AvgIpc) is 2.87. The van der Waals surface area contributed by atoms with Crippen LogP contribution >= 0.6 is 22.9 Å². The van der Waals surface area contributed by atoms with Crippen molar-refractivity contribution in [1.29, 1.82) is 0 Å². The molecular formula is C18H21ClN4OS. The standard InChI is InChI=1S/C18H21ClN4OS/c1-12(2)9-22(10-14-5-4-6-15(19)7-14)11-16-8-17(24)23-18(20-16)25-13(3)21-23/h4-8,12H,9-11H2,1-3H3. The van der Waals surface area contributed by atoms with E-state index in [-0.39, 0.29) is 5.56 Å². The molecule has 0 amide bonds. The first-order valence-corrected chi connectivity index (χ1v) is 9.43. The van der Waals surface area contributed by atoms with Crippen LogP contribution in [0.15, 0.2) is 35.1 Å². The van der Waals surface area contributed by atoms with Crippen molar-refractivity contribution in [3.8, 4) is 0 Å². The summed E-state index contributed by atoms with van der Waals surface area (Å²) in [6, 6.07) is 9.46. The lowest BCUT2D eigenvalue weighted by molar-refractivity contribution is 0.225. The van der Waals surface area contributed by atoms with Crippen molar-refractivity contribution in [3.63, 3.8) is 0 Å². The van der Waals surface area contributed by atoms with Crippen molar-refractivity contribution < 1.29 is 0 Å². The molecule has 3 aromatic rings. The van der Waals surface area contributed by atoms with Gasteiger partial charge in [0, 0.05) is 30.7 Å². The normalized spacial score (nSPS) is 11.8. The first-order chi connectivity index (χ1) is 11.9. The minimum Gasteiger partial charge on any atom is -0.293 e. The molecule has 0 aliphatic carbocycles.